The third-order valence-electron chi connectivity index (χ3n) is 2.96. The molecule has 2 aromatic rings. The molecule has 0 aliphatic carbocycles. The van der Waals surface area contributed by atoms with Gasteiger partial charge in [-0.15, -0.1) is 0 Å². The van der Waals surface area contributed by atoms with Crippen LogP contribution in [0.2, 0.25) is 0 Å². The molecular weight excluding hydrogens is 266 g/mol. The average molecular weight is 283 g/mol. The molecule has 21 heavy (non-hydrogen) atoms. The molecule has 0 bridgehead atoms. The number of likely N-dealkylation sites (N-methyl/N-ethyl adjacent to an activating group) is 1. The minimum absolute atomic E-state index is 0.174. The summed E-state index contributed by atoms with van der Waals surface area (Å²) in [5.74, 6) is 0. The van der Waals surface area contributed by atoms with Gasteiger partial charge in [-0.2, -0.15) is 10.4 Å². The lowest BCUT2D eigenvalue weighted by Crippen LogP contribution is -2.24. The van der Waals surface area contributed by atoms with Crippen LogP contribution in [0, 0.1) is 11.3 Å². The van der Waals surface area contributed by atoms with Gasteiger partial charge in [-0.1, -0.05) is 12.1 Å². The first-order valence-corrected chi connectivity index (χ1v) is 6.67. The van der Waals surface area contributed by atoms with Crippen LogP contribution >= 0.6 is 0 Å². The molecule has 1 aromatic heterocycles. The number of aromatic nitrogens is 2. The van der Waals surface area contributed by atoms with Crippen LogP contribution in [0.3, 0.4) is 0 Å². The quantitative estimate of drug-likeness (QED) is 0.766. The normalized spacial score (nSPS) is 10.1. The lowest BCUT2D eigenvalue weighted by atomic mass is 10.1. The summed E-state index contributed by atoms with van der Waals surface area (Å²) in [4.78, 5) is 12.0. The summed E-state index contributed by atoms with van der Waals surface area (Å²) < 4.78 is 1.37. The fourth-order valence-corrected chi connectivity index (χ4v) is 1.89. The van der Waals surface area contributed by atoms with Crippen molar-refractivity contribution >= 4 is 5.69 Å². The van der Waals surface area contributed by atoms with Crippen LogP contribution in [0.4, 0.5) is 5.69 Å². The van der Waals surface area contributed by atoms with Crippen molar-refractivity contribution in [3.8, 4) is 6.07 Å². The van der Waals surface area contributed by atoms with E-state index in [4.69, 9.17) is 5.26 Å². The molecule has 0 aliphatic rings. The first kappa shape index (κ1) is 14.8. The Morgan fingerprint density at radius 3 is 2.90 bits per heavy atom. The Morgan fingerprint density at radius 2 is 2.19 bits per heavy atom. The van der Waals surface area contributed by atoms with E-state index in [1.165, 1.54) is 10.7 Å². The van der Waals surface area contributed by atoms with Crippen LogP contribution in [0.15, 0.2) is 41.3 Å². The maximum Gasteiger partial charge on any atom is 0.269 e. The zero-order valence-corrected chi connectivity index (χ0v) is 11.8. The fourth-order valence-electron chi connectivity index (χ4n) is 1.89. The van der Waals surface area contributed by atoms with E-state index in [-0.39, 0.29) is 5.56 Å². The summed E-state index contributed by atoms with van der Waals surface area (Å²) in [6.45, 7) is 1.89. The fraction of sp³-hybridized carbons (Fsp3) is 0.267. The summed E-state index contributed by atoms with van der Waals surface area (Å²) >= 11 is 0. The Morgan fingerprint density at radius 1 is 1.33 bits per heavy atom. The molecule has 2 N–H and O–H groups in total. The van der Waals surface area contributed by atoms with E-state index >= 15 is 0 Å². The molecule has 0 aliphatic heterocycles. The van der Waals surface area contributed by atoms with E-state index in [2.05, 4.69) is 21.8 Å². The third kappa shape index (κ3) is 4.16. The second-order valence-corrected chi connectivity index (χ2v) is 4.58. The maximum atomic E-state index is 12.0. The second kappa shape index (κ2) is 7.22. The molecule has 0 radical (unpaired) electrons. The van der Waals surface area contributed by atoms with Gasteiger partial charge in [0.05, 0.1) is 30.1 Å². The van der Waals surface area contributed by atoms with E-state index in [1.54, 1.807) is 24.4 Å². The van der Waals surface area contributed by atoms with Crippen molar-refractivity contribution in [3.05, 3.63) is 58.0 Å². The van der Waals surface area contributed by atoms with Gasteiger partial charge in [0.15, 0.2) is 0 Å². The average Bonchev–Trinajstić information content (AvgIpc) is 2.50. The number of hydrogen-bond acceptors (Lipinski definition) is 5. The number of rotatable bonds is 6. The first-order valence-electron chi connectivity index (χ1n) is 6.67. The van der Waals surface area contributed by atoms with Crippen LogP contribution in [-0.2, 0) is 6.54 Å². The Kier molecular flexibility index (Phi) is 5.07. The van der Waals surface area contributed by atoms with Gasteiger partial charge in [-0.25, -0.2) is 4.68 Å². The Labute approximate surface area is 123 Å². The minimum Gasteiger partial charge on any atom is -0.382 e. The van der Waals surface area contributed by atoms with E-state index < -0.39 is 0 Å². The van der Waals surface area contributed by atoms with Gasteiger partial charge >= 0.3 is 0 Å². The molecule has 0 fully saturated rings. The predicted octanol–water partition coefficient (Wildman–Crippen LogP) is 0.795. The summed E-state index contributed by atoms with van der Waals surface area (Å²) in [5.41, 5.74) is 1.98. The van der Waals surface area contributed by atoms with Crippen molar-refractivity contribution in [3.63, 3.8) is 0 Å². The molecule has 2 rings (SSSR count). The molecule has 0 amide bonds. The summed E-state index contributed by atoms with van der Waals surface area (Å²) in [7, 11) is 1.87. The Balaban J connectivity index is 2.10. The van der Waals surface area contributed by atoms with Gasteiger partial charge in [0.1, 0.15) is 0 Å². The lowest BCUT2D eigenvalue weighted by molar-refractivity contribution is 0.639. The molecule has 6 nitrogen and oxygen atoms in total. The van der Waals surface area contributed by atoms with Gasteiger partial charge in [0.2, 0.25) is 0 Å². The second-order valence-electron chi connectivity index (χ2n) is 4.58. The molecule has 108 valence electrons. The van der Waals surface area contributed by atoms with Crippen molar-refractivity contribution in [2.75, 3.05) is 25.5 Å². The smallest absolute Gasteiger partial charge is 0.269 e. The standard InChI is InChI=1S/C15H17N5O/c1-17-5-6-18-14-8-15(21)20(19-10-14)11-13-4-2-3-12(7-13)9-16/h2-4,7-8,10,17-18H,5-6,11H2,1H3. The Bertz CT molecular complexity index is 702. The summed E-state index contributed by atoms with van der Waals surface area (Å²) in [6, 6.07) is 10.8. The molecule has 0 saturated carbocycles. The molecular formula is C15H17N5O. The Hall–Kier alpha value is -2.65. The molecule has 6 heteroatoms. The predicted molar refractivity (Wildman–Crippen MR) is 81.2 cm³/mol. The zero-order valence-electron chi connectivity index (χ0n) is 11.8. The van der Waals surface area contributed by atoms with Crippen molar-refractivity contribution < 1.29 is 0 Å². The number of nitriles is 1. The van der Waals surface area contributed by atoms with E-state index in [9.17, 15) is 4.79 Å². The molecule has 0 spiro atoms. The number of nitrogens with one attached hydrogen (secondary N) is 2. The first-order chi connectivity index (χ1) is 10.2. The van der Waals surface area contributed by atoms with Crippen LogP contribution in [0.5, 0.6) is 0 Å². The topological polar surface area (TPSA) is 82.7 Å². The van der Waals surface area contributed by atoms with Gasteiger partial charge in [0.25, 0.3) is 5.56 Å². The monoisotopic (exact) mass is 283 g/mol. The van der Waals surface area contributed by atoms with Gasteiger partial charge in [-0.3, -0.25) is 4.79 Å². The number of anilines is 1. The maximum absolute atomic E-state index is 12.0. The summed E-state index contributed by atoms with van der Waals surface area (Å²) in [5, 5.41) is 19.1. The highest BCUT2D eigenvalue weighted by Crippen LogP contribution is 2.05. The molecule has 0 atom stereocenters. The molecule has 0 saturated heterocycles. The highest BCUT2D eigenvalue weighted by molar-refractivity contribution is 5.39. The molecule has 1 heterocycles. The lowest BCUT2D eigenvalue weighted by Gasteiger charge is -2.08. The van der Waals surface area contributed by atoms with E-state index in [0.29, 0.717) is 17.8 Å². The van der Waals surface area contributed by atoms with Crippen molar-refractivity contribution in [1.29, 1.82) is 5.26 Å². The highest BCUT2D eigenvalue weighted by atomic mass is 16.1. The van der Waals surface area contributed by atoms with Gasteiger partial charge in [-0.05, 0) is 24.7 Å². The van der Waals surface area contributed by atoms with Crippen molar-refractivity contribution in [2.45, 2.75) is 6.54 Å². The number of nitrogens with zero attached hydrogens (tertiary/aromatic N) is 3. The highest BCUT2D eigenvalue weighted by Gasteiger charge is 2.02. The SMILES string of the molecule is CNCCNc1cnn(Cc2cccc(C#N)c2)c(=O)c1. The van der Waals surface area contributed by atoms with Crippen LogP contribution in [0.25, 0.3) is 0 Å². The summed E-state index contributed by atoms with van der Waals surface area (Å²) in [6.07, 6.45) is 1.63. The molecule has 0 unspecified atom stereocenters. The zero-order chi connectivity index (χ0) is 15.1. The van der Waals surface area contributed by atoms with Crippen LogP contribution in [0.1, 0.15) is 11.1 Å². The largest absolute Gasteiger partial charge is 0.382 e. The van der Waals surface area contributed by atoms with Crippen LogP contribution in [-0.4, -0.2) is 29.9 Å². The van der Waals surface area contributed by atoms with Crippen molar-refractivity contribution in [2.24, 2.45) is 0 Å². The number of hydrogen-bond donors (Lipinski definition) is 2. The number of benzene rings is 1. The third-order valence-corrected chi connectivity index (χ3v) is 2.96. The van der Waals surface area contributed by atoms with Crippen LogP contribution < -0.4 is 16.2 Å². The van der Waals surface area contributed by atoms with Gasteiger partial charge in [0, 0.05) is 19.2 Å². The van der Waals surface area contributed by atoms with Crippen molar-refractivity contribution in [1.82, 2.24) is 15.1 Å². The minimum atomic E-state index is -0.174. The van der Waals surface area contributed by atoms with Gasteiger partial charge < -0.3 is 10.6 Å². The molecule has 1 aromatic carbocycles. The van der Waals surface area contributed by atoms with E-state index in [1.807, 2.05) is 13.1 Å². The van der Waals surface area contributed by atoms with E-state index in [0.717, 1.165) is 18.7 Å².